The third-order valence-corrected chi connectivity index (χ3v) is 3.00. The Morgan fingerprint density at radius 2 is 2.18 bits per heavy atom. The van der Waals surface area contributed by atoms with E-state index < -0.39 is 23.1 Å². The lowest BCUT2D eigenvalue weighted by atomic mass is 9.87. The summed E-state index contributed by atoms with van der Waals surface area (Å²) in [6, 6.07) is 0. The number of hydrogen-bond donors (Lipinski definition) is 3. The van der Waals surface area contributed by atoms with Gasteiger partial charge >= 0.3 is 11.7 Å². The fraction of sp³-hybridized carbons (Fsp3) is 0.556. The maximum atomic E-state index is 11.4. The van der Waals surface area contributed by atoms with Crippen molar-refractivity contribution in [3.05, 3.63) is 20.8 Å². The molecular weight excluding hydrogens is 228 g/mol. The molecule has 0 spiro atoms. The fourth-order valence-corrected chi connectivity index (χ4v) is 1.76. The summed E-state index contributed by atoms with van der Waals surface area (Å²) in [7, 11) is 0. The van der Waals surface area contributed by atoms with Crippen LogP contribution in [0.1, 0.15) is 6.92 Å². The van der Waals surface area contributed by atoms with Gasteiger partial charge in [-0.3, -0.25) is 14.6 Å². The van der Waals surface area contributed by atoms with Crippen LogP contribution in [0.25, 0.3) is 0 Å². The molecule has 1 aliphatic heterocycles. The van der Waals surface area contributed by atoms with E-state index in [4.69, 9.17) is 5.11 Å². The monoisotopic (exact) mass is 240 g/mol. The molecule has 17 heavy (non-hydrogen) atoms. The summed E-state index contributed by atoms with van der Waals surface area (Å²) in [6.07, 6.45) is 0. The highest BCUT2D eigenvalue weighted by molar-refractivity contribution is 5.70. The van der Waals surface area contributed by atoms with Crippen LogP contribution in [-0.4, -0.2) is 39.3 Å². The molecule has 0 bridgehead atoms. The molecule has 0 aromatic carbocycles. The van der Waals surface area contributed by atoms with E-state index in [9.17, 15) is 14.4 Å². The van der Waals surface area contributed by atoms with Crippen LogP contribution >= 0.6 is 0 Å². The molecule has 8 nitrogen and oxygen atoms in total. The van der Waals surface area contributed by atoms with Gasteiger partial charge in [-0.1, -0.05) is 6.92 Å². The molecule has 1 aliphatic rings. The second-order valence-corrected chi connectivity index (χ2v) is 4.12. The zero-order valence-corrected chi connectivity index (χ0v) is 9.14. The van der Waals surface area contributed by atoms with Crippen LogP contribution in [0.2, 0.25) is 0 Å². The normalized spacial score (nSPS) is 17.6. The molecular formula is C9H12N4O4. The number of nitrogens with zero attached hydrogens (tertiary/aromatic N) is 2. The van der Waals surface area contributed by atoms with E-state index in [0.717, 1.165) is 0 Å². The number of carboxylic acids is 1. The van der Waals surface area contributed by atoms with E-state index in [1.807, 2.05) is 0 Å². The lowest BCUT2D eigenvalue weighted by Crippen LogP contribution is -2.53. The summed E-state index contributed by atoms with van der Waals surface area (Å²) in [5, 5.41) is 14.6. The Balaban J connectivity index is 2.07. The van der Waals surface area contributed by atoms with Gasteiger partial charge < -0.3 is 10.0 Å². The molecule has 92 valence electrons. The zero-order chi connectivity index (χ0) is 12.6. The van der Waals surface area contributed by atoms with Gasteiger partial charge in [0, 0.05) is 19.0 Å². The van der Waals surface area contributed by atoms with E-state index in [1.165, 1.54) is 0 Å². The average Bonchev–Trinajstić information content (AvgIpc) is 2.18. The average molecular weight is 240 g/mol. The first-order valence-corrected chi connectivity index (χ1v) is 5.16. The van der Waals surface area contributed by atoms with Crippen LogP contribution in [0.4, 0.5) is 5.82 Å². The third kappa shape index (κ3) is 2.05. The second-order valence-electron chi connectivity index (χ2n) is 4.12. The van der Waals surface area contributed by atoms with E-state index in [2.05, 4.69) is 15.2 Å². The summed E-state index contributed by atoms with van der Waals surface area (Å²) in [4.78, 5) is 36.6. The molecule has 1 saturated heterocycles. The maximum absolute atomic E-state index is 11.4. The zero-order valence-electron chi connectivity index (χ0n) is 9.14. The van der Waals surface area contributed by atoms with E-state index in [0.29, 0.717) is 13.1 Å². The van der Waals surface area contributed by atoms with Gasteiger partial charge in [-0.15, -0.1) is 5.10 Å². The molecule has 1 aromatic heterocycles. The number of hydrogen-bond acceptors (Lipinski definition) is 5. The first kappa shape index (κ1) is 11.4. The lowest BCUT2D eigenvalue weighted by Gasteiger charge is -2.41. The summed E-state index contributed by atoms with van der Waals surface area (Å²) in [5.74, 6) is -1.18. The number of rotatable bonds is 3. The molecule has 1 aromatic rings. The maximum Gasteiger partial charge on any atom is 0.342 e. The highest BCUT2D eigenvalue weighted by Gasteiger charge is 2.36. The predicted octanol–water partition coefficient (Wildman–Crippen LogP) is -1.38. The van der Waals surface area contributed by atoms with E-state index in [-0.39, 0.29) is 11.7 Å². The van der Waals surface area contributed by atoms with Crippen molar-refractivity contribution in [2.45, 2.75) is 6.92 Å². The van der Waals surface area contributed by atoms with Crippen LogP contribution < -0.4 is 16.1 Å². The number of H-pyrrole nitrogens is 2. The van der Waals surface area contributed by atoms with Crippen LogP contribution in [0, 0.1) is 11.8 Å². The Hall–Kier alpha value is -2.12. The summed E-state index contributed by atoms with van der Waals surface area (Å²) >= 11 is 0. The molecule has 1 unspecified atom stereocenters. The predicted molar refractivity (Wildman–Crippen MR) is 58.0 cm³/mol. The molecule has 2 rings (SSSR count). The van der Waals surface area contributed by atoms with Gasteiger partial charge in [0.05, 0.1) is 5.92 Å². The van der Waals surface area contributed by atoms with Crippen LogP contribution in [0.3, 0.4) is 0 Å². The van der Waals surface area contributed by atoms with Crippen molar-refractivity contribution >= 4 is 11.8 Å². The van der Waals surface area contributed by atoms with Crippen molar-refractivity contribution in [2.24, 2.45) is 11.8 Å². The molecule has 0 amide bonds. The lowest BCUT2D eigenvalue weighted by molar-refractivity contribution is -0.143. The molecule has 0 saturated carbocycles. The minimum absolute atomic E-state index is 0.000582. The van der Waals surface area contributed by atoms with Crippen molar-refractivity contribution in [1.82, 2.24) is 15.2 Å². The molecule has 0 aliphatic carbocycles. The highest BCUT2D eigenvalue weighted by Crippen LogP contribution is 2.25. The number of anilines is 1. The van der Waals surface area contributed by atoms with Crippen molar-refractivity contribution in [2.75, 3.05) is 18.0 Å². The van der Waals surface area contributed by atoms with Crippen molar-refractivity contribution < 1.29 is 9.90 Å². The van der Waals surface area contributed by atoms with Crippen LogP contribution in [0.15, 0.2) is 9.59 Å². The minimum atomic E-state index is -0.849. The number of aliphatic carboxylic acids is 1. The Kier molecular flexibility index (Phi) is 2.70. The van der Waals surface area contributed by atoms with Gasteiger partial charge in [-0.25, -0.2) is 9.89 Å². The fourth-order valence-electron chi connectivity index (χ4n) is 1.76. The van der Waals surface area contributed by atoms with Crippen molar-refractivity contribution in [3.63, 3.8) is 0 Å². The molecule has 3 N–H and O–H groups in total. The number of nitrogens with one attached hydrogen (secondary N) is 2. The summed E-state index contributed by atoms with van der Waals surface area (Å²) in [6.45, 7) is 2.54. The largest absolute Gasteiger partial charge is 0.481 e. The molecule has 8 heteroatoms. The van der Waals surface area contributed by atoms with Crippen molar-refractivity contribution in [3.8, 4) is 0 Å². The smallest absolute Gasteiger partial charge is 0.342 e. The Bertz CT molecular complexity index is 542. The van der Waals surface area contributed by atoms with E-state index >= 15 is 0 Å². The van der Waals surface area contributed by atoms with Gasteiger partial charge in [0.25, 0.3) is 5.56 Å². The quantitative estimate of drug-likeness (QED) is 0.598. The van der Waals surface area contributed by atoms with E-state index in [1.54, 1.807) is 11.8 Å². The van der Waals surface area contributed by atoms with Crippen LogP contribution in [-0.2, 0) is 4.79 Å². The van der Waals surface area contributed by atoms with Gasteiger partial charge in [0.15, 0.2) is 0 Å². The first-order chi connectivity index (χ1) is 7.99. The summed E-state index contributed by atoms with van der Waals surface area (Å²) < 4.78 is 0. The van der Waals surface area contributed by atoms with Crippen LogP contribution in [0.5, 0.6) is 0 Å². The van der Waals surface area contributed by atoms with Crippen molar-refractivity contribution in [1.29, 1.82) is 0 Å². The topological polar surface area (TPSA) is 119 Å². The standard InChI is InChI=1S/C9H12N4O4/c1-4(8(15)16)5-2-13(3-5)6-7(14)10-9(17)12-11-6/h4-5H,2-3H2,1H3,(H,15,16)(H2,10,12,14,17). The number of carboxylic acid groups (broad SMARTS) is 1. The number of aromatic amines is 2. The Morgan fingerprint density at radius 3 is 2.71 bits per heavy atom. The van der Waals surface area contributed by atoms with Gasteiger partial charge in [0.1, 0.15) is 0 Å². The number of carbonyl (C=O) groups is 1. The highest BCUT2D eigenvalue weighted by atomic mass is 16.4. The molecule has 1 fully saturated rings. The molecule has 0 radical (unpaired) electrons. The SMILES string of the molecule is CC(C(=O)O)C1CN(c2n[nH]c(=O)[nH]c2=O)C1. The minimum Gasteiger partial charge on any atom is -0.481 e. The third-order valence-electron chi connectivity index (χ3n) is 3.00. The Morgan fingerprint density at radius 1 is 1.53 bits per heavy atom. The summed E-state index contributed by atoms with van der Waals surface area (Å²) in [5.41, 5.74) is -1.22. The molecule has 1 atom stereocenters. The van der Waals surface area contributed by atoms with Gasteiger partial charge in [0.2, 0.25) is 5.82 Å². The first-order valence-electron chi connectivity index (χ1n) is 5.16. The number of aromatic nitrogens is 3. The van der Waals surface area contributed by atoms with Gasteiger partial charge in [-0.2, -0.15) is 0 Å². The molecule has 2 heterocycles. The Labute approximate surface area is 95.3 Å². The van der Waals surface area contributed by atoms with Gasteiger partial charge in [-0.05, 0) is 0 Å². The second kappa shape index (κ2) is 4.04.